The summed E-state index contributed by atoms with van der Waals surface area (Å²) >= 11 is 0. The van der Waals surface area contributed by atoms with E-state index >= 15 is 4.39 Å². The molecule has 0 saturated carbocycles. The van der Waals surface area contributed by atoms with Gasteiger partial charge >= 0.3 is 5.97 Å². The molecule has 4 heterocycles. The fourth-order valence-corrected chi connectivity index (χ4v) is 8.58. The largest absolute Gasteiger partial charge is 0.458 e. The maximum atomic E-state index is 15.5. The maximum Gasteiger partial charge on any atom is 0.343 e. The molecule has 344 valence electrons. The minimum absolute atomic E-state index is 0.0246. The molecule has 3 aliphatic rings. The molecule has 2 aromatic carbocycles. The molecule has 18 nitrogen and oxygen atoms in total. The van der Waals surface area contributed by atoms with Gasteiger partial charge in [0.05, 0.1) is 66.9 Å². The van der Waals surface area contributed by atoms with Crippen LogP contribution < -0.4 is 37.9 Å². The van der Waals surface area contributed by atoms with Crippen LogP contribution in [0.1, 0.15) is 85.5 Å². The Morgan fingerprint density at radius 2 is 1.68 bits per heavy atom. The lowest BCUT2D eigenvalue weighted by molar-refractivity contribution is -0.172. The van der Waals surface area contributed by atoms with Crippen molar-refractivity contribution in [1.29, 1.82) is 0 Å². The zero-order valence-electron chi connectivity index (χ0n) is 36.8. The molecule has 5 amide bonds. The molecule has 2 aromatic heterocycles. The smallest absolute Gasteiger partial charge is 0.343 e. The number of halogens is 1. The number of nitrogens with one attached hydrogen (secondary N) is 5. The molecule has 19 heteroatoms. The Morgan fingerprint density at radius 1 is 0.985 bits per heavy atom. The summed E-state index contributed by atoms with van der Waals surface area (Å²) in [4.78, 5) is 97.5. The topological polar surface area (TPSA) is 262 Å². The number of fused-ring (bicyclic) bond motifs is 5. The van der Waals surface area contributed by atoms with Crippen LogP contribution in [0.4, 0.5) is 4.39 Å². The van der Waals surface area contributed by atoms with Crippen molar-refractivity contribution in [3.63, 3.8) is 0 Å². The average Bonchev–Trinajstić information content (AvgIpc) is 3.65. The molecule has 8 N–H and O–H groups in total. The van der Waals surface area contributed by atoms with Gasteiger partial charge in [0.25, 0.3) is 5.56 Å². The fraction of sp³-hybridized carbons (Fsp3) is 0.435. The SMILES string of the molecule is CC[C@@]1(O)C(=O)OCc2c1cc1n(c2=O)Cc2c-1nc1cc(F)c(C)c3c1c2[C@@H](NC(=O)[C@H](COC(C)(C)C)NC(=O)CNC(=O)[C@H](Cc1ccccc1)NC(=O)CNC(=O)CN)CC3. The van der Waals surface area contributed by atoms with Gasteiger partial charge in [-0.05, 0) is 75.3 Å². The van der Waals surface area contributed by atoms with Crippen molar-refractivity contribution in [2.75, 3.05) is 26.2 Å². The zero-order valence-corrected chi connectivity index (χ0v) is 36.8. The van der Waals surface area contributed by atoms with Crippen molar-refractivity contribution < 1.29 is 47.7 Å². The first-order chi connectivity index (χ1) is 30.8. The van der Waals surface area contributed by atoms with Crippen molar-refractivity contribution in [1.82, 2.24) is 36.1 Å². The Labute approximate surface area is 373 Å². The number of benzene rings is 2. The predicted octanol–water partition coefficient (Wildman–Crippen LogP) is 0.849. The van der Waals surface area contributed by atoms with Gasteiger partial charge in [-0.3, -0.25) is 28.8 Å². The second-order valence-electron chi connectivity index (χ2n) is 17.5. The number of hydrogen-bond acceptors (Lipinski definition) is 12. The Balaban J connectivity index is 1.15. The summed E-state index contributed by atoms with van der Waals surface area (Å²) in [5.41, 5.74) is 6.28. The van der Waals surface area contributed by atoms with Crippen LogP contribution in [0, 0.1) is 12.7 Å². The molecule has 4 atom stereocenters. The van der Waals surface area contributed by atoms with Gasteiger partial charge in [-0.25, -0.2) is 14.2 Å². The first kappa shape index (κ1) is 46.4. The number of aryl methyl sites for hydroxylation is 1. The maximum absolute atomic E-state index is 15.5. The number of amides is 5. The number of aromatic nitrogens is 2. The van der Waals surface area contributed by atoms with E-state index in [0.29, 0.717) is 62.9 Å². The van der Waals surface area contributed by atoms with E-state index in [4.69, 9.17) is 20.2 Å². The molecule has 65 heavy (non-hydrogen) atoms. The van der Waals surface area contributed by atoms with Gasteiger partial charge in [0.1, 0.15) is 24.5 Å². The normalized spacial score (nSPS) is 18.0. The minimum atomic E-state index is -2.06. The molecule has 0 bridgehead atoms. The van der Waals surface area contributed by atoms with E-state index in [1.165, 1.54) is 10.6 Å². The van der Waals surface area contributed by atoms with Gasteiger partial charge in [-0.15, -0.1) is 0 Å². The third-order valence-electron chi connectivity index (χ3n) is 12.0. The van der Waals surface area contributed by atoms with Gasteiger partial charge in [0.2, 0.25) is 29.5 Å². The number of hydrogen-bond donors (Lipinski definition) is 7. The molecule has 1 aliphatic carbocycles. The number of carbonyl (C=O) groups is 6. The third-order valence-corrected chi connectivity index (χ3v) is 12.0. The highest BCUT2D eigenvalue weighted by Gasteiger charge is 2.46. The summed E-state index contributed by atoms with van der Waals surface area (Å²) < 4.78 is 28.2. The van der Waals surface area contributed by atoms with Gasteiger partial charge in [-0.1, -0.05) is 37.3 Å². The highest BCUT2D eigenvalue weighted by Crippen LogP contribution is 2.46. The van der Waals surface area contributed by atoms with Crippen LogP contribution in [0.25, 0.3) is 22.3 Å². The molecular formula is C46H53FN8O10. The van der Waals surface area contributed by atoms with Crippen LogP contribution in [-0.4, -0.2) is 94.1 Å². The van der Waals surface area contributed by atoms with Crippen LogP contribution in [0.5, 0.6) is 0 Å². The molecular weight excluding hydrogens is 844 g/mol. The molecule has 7 rings (SSSR count). The number of esters is 1. The van der Waals surface area contributed by atoms with E-state index in [9.17, 15) is 38.7 Å². The summed E-state index contributed by atoms with van der Waals surface area (Å²) in [6.07, 6.45) is 0.690. The Bertz CT molecular complexity index is 2660. The summed E-state index contributed by atoms with van der Waals surface area (Å²) in [5, 5.41) is 25.3. The Kier molecular flexibility index (Phi) is 13.2. The van der Waals surface area contributed by atoms with Crippen molar-refractivity contribution in [2.24, 2.45) is 5.73 Å². The highest BCUT2D eigenvalue weighted by atomic mass is 19.1. The van der Waals surface area contributed by atoms with Gasteiger partial charge < -0.3 is 51.5 Å². The first-order valence-electron chi connectivity index (χ1n) is 21.5. The quantitative estimate of drug-likeness (QED) is 0.0722. The van der Waals surface area contributed by atoms with Crippen molar-refractivity contribution >= 4 is 46.4 Å². The number of rotatable bonds is 15. The van der Waals surface area contributed by atoms with Crippen LogP contribution in [0.3, 0.4) is 0 Å². The van der Waals surface area contributed by atoms with E-state index in [1.54, 1.807) is 71.0 Å². The molecule has 0 saturated heterocycles. The summed E-state index contributed by atoms with van der Waals surface area (Å²) in [6, 6.07) is 8.60. The van der Waals surface area contributed by atoms with E-state index in [0.717, 1.165) is 0 Å². The van der Waals surface area contributed by atoms with Crippen molar-refractivity contribution in [3.8, 4) is 11.4 Å². The van der Waals surface area contributed by atoms with Crippen LogP contribution >= 0.6 is 0 Å². The van der Waals surface area contributed by atoms with E-state index < -0.39 is 89.3 Å². The monoisotopic (exact) mass is 896 g/mol. The zero-order chi connectivity index (χ0) is 47.0. The summed E-state index contributed by atoms with van der Waals surface area (Å²) in [6.45, 7) is 6.73. The van der Waals surface area contributed by atoms with Crippen molar-refractivity contribution in [3.05, 3.63) is 97.6 Å². The second kappa shape index (κ2) is 18.5. The molecule has 4 aromatic rings. The lowest BCUT2D eigenvalue weighted by Crippen LogP contribution is -2.55. The van der Waals surface area contributed by atoms with Crippen LogP contribution in [-0.2, 0) is 69.8 Å². The summed E-state index contributed by atoms with van der Waals surface area (Å²) in [5.74, 6) is -4.63. The number of nitrogens with zero attached hydrogens (tertiary/aromatic N) is 2. The van der Waals surface area contributed by atoms with Crippen molar-refractivity contribution in [2.45, 2.75) is 103 Å². The first-order valence-corrected chi connectivity index (χ1v) is 21.5. The fourth-order valence-electron chi connectivity index (χ4n) is 8.58. The van der Waals surface area contributed by atoms with Gasteiger partial charge in [-0.2, -0.15) is 0 Å². The molecule has 0 radical (unpaired) electrons. The molecule has 0 fully saturated rings. The highest BCUT2D eigenvalue weighted by molar-refractivity contribution is 5.96. The molecule has 2 aliphatic heterocycles. The van der Waals surface area contributed by atoms with E-state index in [-0.39, 0.29) is 50.3 Å². The number of ether oxygens (including phenoxy) is 2. The van der Waals surface area contributed by atoms with Crippen LogP contribution in [0.2, 0.25) is 0 Å². The minimum Gasteiger partial charge on any atom is -0.458 e. The van der Waals surface area contributed by atoms with Gasteiger partial charge in [0.15, 0.2) is 5.60 Å². The third kappa shape index (κ3) is 9.48. The van der Waals surface area contributed by atoms with Gasteiger partial charge in [0, 0.05) is 29.0 Å². The molecule has 0 unspecified atom stereocenters. The van der Waals surface area contributed by atoms with E-state index in [1.807, 2.05) is 0 Å². The predicted molar refractivity (Wildman–Crippen MR) is 233 cm³/mol. The lowest BCUT2D eigenvalue weighted by Gasteiger charge is -2.32. The Hall–Kier alpha value is -6.57. The number of pyridine rings is 2. The number of cyclic esters (lactones) is 1. The molecule has 0 spiro atoms. The average molecular weight is 897 g/mol. The van der Waals surface area contributed by atoms with Crippen LogP contribution in [0.15, 0.2) is 47.3 Å². The second-order valence-corrected chi connectivity index (χ2v) is 17.5. The Morgan fingerprint density at radius 3 is 2.35 bits per heavy atom. The number of nitrogens with two attached hydrogens (primary N) is 1. The summed E-state index contributed by atoms with van der Waals surface area (Å²) in [7, 11) is 0. The number of carbonyl (C=O) groups excluding carboxylic acids is 6. The van der Waals surface area contributed by atoms with E-state index in [2.05, 4.69) is 26.6 Å². The standard InChI is InChI=1S/C46H53FN8O10/c1-6-46(63)28-15-34-40-26(20-55(34)43(61)27(28)21-64-44(46)62)39-30(13-12-25-23(2)29(47)16-31(53-40)38(25)39)54-42(60)33(22-65-45(3,4)5)52-37(58)19-50-41(59)32(14-24-10-8-7-9-11-24)51-36(57)18-49-35(56)17-48/h7-11,15-16,30,32-33,63H,6,12-14,17-22,48H2,1-5H3,(H,49,56)(H,50,59)(H,51,57)(H,52,58)(H,54,60)/t30-,32-,33-,46-/m0/s1. The number of aliphatic hydroxyl groups is 1. The lowest BCUT2D eigenvalue weighted by atomic mass is 9.81.